The summed E-state index contributed by atoms with van der Waals surface area (Å²) >= 11 is 0. The average Bonchev–Trinajstić information content (AvgIpc) is 2.91. The molecule has 1 heterocycles. The van der Waals surface area contributed by atoms with Gasteiger partial charge in [-0.3, -0.25) is 0 Å². The summed E-state index contributed by atoms with van der Waals surface area (Å²) in [6.45, 7) is 8.45. The Labute approximate surface area is 176 Å². The van der Waals surface area contributed by atoms with E-state index in [0.29, 0.717) is 0 Å². The van der Waals surface area contributed by atoms with Crippen molar-refractivity contribution in [2.24, 2.45) is 0 Å². The van der Waals surface area contributed by atoms with Crippen LogP contribution < -0.4 is 15.6 Å². The van der Waals surface area contributed by atoms with E-state index in [2.05, 4.69) is 113 Å². The summed E-state index contributed by atoms with van der Waals surface area (Å²) in [6, 6.07) is 30.6. The molecule has 2 nitrogen and oxygen atoms in total. The van der Waals surface area contributed by atoms with Crippen molar-refractivity contribution in [3.05, 3.63) is 90.5 Å². The molecule has 0 amide bonds. The quantitative estimate of drug-likeness (QED) is 0.484. The van der Waals surface area contributed by atoms with Gasteiger partial charge in [-0.2, -0.15) is 0 Å². The zero-order valence-electron chi connectivity index (χ0n) is 17.7. The van der Waals surface area contributed by atoms with E-state index in [4.69, 9.17) is 9.31 Å². The molecule has 1 saturated heterocycles. The highest BCUT2D eigenvalue weighted by molar-refractivity contribution is 6.95. The van der Waals surface area contributed by atoms with E-state index in [0.717, 1.165) is 6.32 Å². The zero-order chi connectivity index (χ0) is 20.5. The first kappa shape index (κ1) is 20.1. The van der Waals surface area contributed by atoms with Crippen LogP contribution in [-0.4, -0.2) is 27.1 Å². The third-order valence-corrected chi connectivity index (χ3v) is 8.95. The third-order valence-electron chi connectivity index (χ3n) is 6.10. The third kappa shape index (κ3) is 4.11. The molecule has 147 valence electrons. The second-order valence-electron chi connectivity index (χ2n) is 8.65. The van der Waals surface area contributed by atoms with Crippen LogP contribution in [0.15, 0.2) is 84.9 Å². The largest absolute Gasteiger partial charge is 0.462 e. The molecule has 3 aromatic rings. The monoisotopic (exact) mass is 399 g/mol. The first-order valence-electron chi connectivity index (χ1n) is 10.3. The van der Waals surface area contributed by atoms with Gasteiger partial charge in [-0.15, -0.1) is 0 Å². The van der Waals surface area contributed by atoms with Gasteiger partial charge in [0.15, 0.2) is 8.80 Å². The molecule has 0 bridgehead atoms. The van der Waals surface area contributed by atoms with Crippen LogP contribution in [0.2, 0.25) is 0 Å². The van der Waals surface area contributed by atoms with Gasteiger partial charge in [-0.05, 0) is 32.9 Å². The number of hydrogen-bond donors (Lipinski definition) is 0. The molecule has 0 N–H and O–H groups in total. The first-order valence-corrected chi connectivity index (χ1v) is 11.8. The summed E-state index contributed by atoms with van der Waals surface area (Å²) < 4.78 is 12.6. The summed E-state index contributed by atoms with van der Waals surface area (Å²) in [7, 11) is -1.34. The van der Waals surface area contributed by atoms with Crippen molar-refractivity contribution in [2.45, 2.75) is 45.2 Å². The topological polar surface area (TPSA) is 18.5 Å². The Morgan fingerprint density at radius 3 is 1.62 bits per heavy atom. The highest BCUT2D eigenvalue weighted by Crippen LogP contribution is 2.37. The van der Waals surface area contributed by atoms with Crippen LogP contribution in [0.5, 0.6) is 0 Å². The number of hydrogen-bond acceptors (Lipinski definition) is 2. The first-order chi connectivity index (χ1) is 13.9. The molecular weight excluding hydrogens is 371 g/mol. The van der Waals surface area contributed by atoms with Gasteiger partial charge in [0.05, 0.1) is 11.2 Å². The fraction of sp³-hybridized carbons (Fsp3) is 0.280. The molecule has 3 aromatic carbocycles. The van der Waals surface area contributed by atoms with Gasteiger partial charge in [0.1, 0.15) is 0 Å². The molecule has 0 unspecified atom stereocenters. The van der Waals surface area contributed by atoms with E-state index < -0.39 is 8.80 Å². The van der Waals surface area contributed by atoms with E-state index >= 15 is 0 Å². The molecule has 1 aliphatic rings. The van der Waals surface area contributed by atoms with Crippen molar-refractivity contribution in [1.82, 2.24) is 0 Å². The maximum absolute atomic E-state index is 6.30. The zero-order valence-corrected chi connectivity index (χ0v) is 18.7. The van der Waals surface area contributed by atoms with Crippen molar-refractivity contribution in [2.75, 3.05) is 0 Å². The molecule has 1 fully saturated rings. The maximum Gasteiger partial charge on any atom is 0.462 e. The van der Waals surface area contributed by atoms with Gasteiger partial charge < -0.3 is 9.31 Å². The van der Waals surface area contributed by atoms with Crippen LogP contribution in [0, 0.1) is 0 Å². The van der Waals surface area contributed by atoms with E-state index in [1.165, 1.54) is 21.1 Å². The Balaban J connectivity index is 1.72. The smallest absolute Gasteiger partial charge is 0.403 e. The second-order valence-corrected chi connectivity index (χ2v) is 11.1. The van der Waals surface area contributed by atoms with Gasteiger partial charge >= 0.3 is 7.12 Å². The predicted molar refractivity (Wildman–Crippen MR) is 124 cm³/mol. The van der Waals surface area contributed by atoms with E-state index in [1.807, 2.05) is 0 Å². The molecule has 1 radical (unpaired) electrons. The van der Waals surface area contributed by atoms with E-state index in [1.54, 1.807) is 0 Å². The predicted octanol–water partition coefficient (Wildman–Crippen LogP) is 3.38. The van der Waals surface area contributed by atoms with E-state index in [9.17, 15) is 0 Å². The fourth-order valence-electron chi connectivity index (χ4n) is 3.86. The van der Waals surface area contributed by atoms with Gasteiger partial charge in [-0.25, -0.2) is 0 Å². The van der Waals surface area contributed by atoms with Crippen LogP contribution in [0.4, 0.5) is 0 Å². The Morgan fingerprint density at radius 1 is 0.655 bits per heavy atom. The van der Waals surface area contributed by atoms with Gasteiger partial charge in [0.2, 0.25) is 0 Å². The minimum atomic E-state index is -1.12. The lowest BCUT2D eigenvalue weighted by molar-refractivity contribution is 0.00578. The van der Waals surface area contributed by atoms with Gasteiger partial charge in [0, 0.05) is 6.32 Å². The van der Waals surface area contributed by atoms with Gasteiger partial charge in [0.25, 0.3) is 0 Å². The van der Waals surface area contributed by atoms with Crippen molar-refractivity contribution in [3.63, 3.8) is 0 Å². The van der Waals surface area contributed by atoms with E-state index in [-0.39, 0.29) is 18.3 Å². The summed E-state index contributed by atoms with van der Waals surface area (Å²) in [4.78, 5) is 0. The normalized spacial score (nSPS) is 17.6. The van der Waals surface area contributed by atoms with Gasteiger partial charge in [-0.1, -0.05) is 101 Å². The molecule has 4 heteroatoms. The molecule has 29 heavy (non-hydrogen) atoms. The Bertz CT molecular complexity index is 901. The SMILES string of the molecule is CC1(C)OB(Cc2ccccc2[Si](c2ccccc2)c2ccccc2)OC1(C)C. The standard InChI is InChI=1S/C25H28BO2Si/c1-24(2)25(3,4)28-26(27-24)19-20-13-11-12-18-23(20)29(21-14-7-5-8-15-21)22-16-9-6-10-17-22/h5-18H,19H2,1-4H3. The fourth-order valence-corrected chi connectivity index (χ4v) is 6.63. The van der Waals surface area contributed by atoms with Crippen LogP contribution in [-0.2, 0) is 15.6 Å². The summed E-state index contributed by atoms with van der Waals surface area (Å²) in [5.74, 6) is 0. The molecular formula is C25H28BO2Si. The Hall–Kier alpha value is -2.14. The lowest BCUT2D eigenvalue weighted by Crippen LogP contribution is -2.53. The molecule has 0 saturated carbocycles. The molecule has 0 aliphatic carbocycles. The number of rotatable bonds is 5. The molecule has 0 atom stereocenters. The summed E-state index contributed by atoms with van der Waals surface area (Å²) in [5, 5.41) is 4.19. The van der Waals surface area contributed by atoms with Crippen LogP contribution in [0.3, 0.4) is 0 Å². The van der Waals surface area contributed by atoms with Crippen LogP contribution >= 0.6 is 0 Å². The highest BCUT2D eigenvalue weighted by Gasteiger charge is 2.51. The highest BCUT2D eigenvalue weighted by atomic mass is 28.3. The van der Waals surface area contributed by atoms with Crippen molar-refractivity contribution in [1.29, 1.82) is 0 Å². The minimum Gasteiger partial charge on any atom is -0.403 e. The molecule has 0 aromatic heterocycles. The molecule has 4 rings (SSSR count). The van der Waals surface area contributed by atoms with Crippen molar-refractivity contribution >= 4 is 31.5 Å². The van der Waals surface area contributed by atoms with Crippen molar-refractivity contribution in [3.8, 4) is 0 Å². The Kier molecular flexibility index (Phi) is 5.52. The second kappa shape index (κ2) is 7.94. The van der Waals surface area contributed by atoms with Crippen molar-refractivity contribution < 1.29 is 9.31 Å². The van der Waals surface area contributed by atoms with Crippen LogP contribution in [0.25, 0.3) is 0 Å². The summed E-state index contributed by atoms with van der Waals surface area (Å²) in [5.41, 5.74) is 0.700. The lowest BCUT2D eigenvalue weighted by atomic mass is 9.81. The average molecular weight is 399 g/mol. The minimum absolute atomic E-state index is 0.226. The Morgan fingerprint density at radius 2 is 1.10 bits per heavy atom. The maximum atomic E-state index is 6.30. The molecule has 1 aliphatic heterocycles. The lowest BCUT2D eigenvalue weighted by Gasteiger charge is -2.32. The molecule has 0 spiro atoms. The summed E-state index contributed by atoms with van der Waals surface area (Å²) in [6.07, 6.45) is 0.761. The number of benzene rings is 3. The van der Waals surface area contributed by atoms with Crippen LogP contribution in [0.1, 0.15) is 33.3 Å².